The maximum Gasteiger partial charge on any atom is 0.341 e. The first-order chi connectivity index (χ1) is 17.7. The summed E-state index contributed by atoms with van der Waals surface area (Å²) in [5, 5.41) is 26.2. The third-order valence-electron chi connectivity index (χ3n) is 4.64. The van der Waals surface area contributed by atoms with Gasteiger partial charge in [-0.3, -0.25) is 19.7 Å². The topological polar surface area (TPSA) is 160 Å². The van der Waals surface area contributed by atoms with Gasteiger partial charge in [-0.1, -0.05) is 34.1 Å². The number of aliphatic carboxylic acids is 1. The predicted molar refractivity (Wildman–Crippen MR) is 138 cm³/mol. The Hall–Kier alpha value is -4.84. The van der Waals surface area contributed by atoms with Crippen LogP contribution in [0.5, 0.6) is 5.75 Å². The molecule has 188 valence electrons. The number of nitrogens with one attached hydrogen (secondary N) is 2. The molecule has 0 bridgehead atoms. The van der Waals surface area contributed by atoms with Gasteiger partial charge in [-0.2, -0.15) is 5.10 Å². The van der Waals surface area contributed by atoms with Gasteiger partial charge in [0.2, 0.25) is 0 Å². The lowest BCUT2D eigenvalue weighted by Crippen LogP contribution is -2.32. The molecule has 0 spiro atoms. The Balaban J connectivity index is 1.83. The molecule has 0 atom stereocenters. The molecule has 0 radical (unpaired) electrons. The van der Waals surface area contributed by atoms with Crippen LogP contribution in [0.15, 0.2) is 88.1 Å². The fraction of sp³-hybridized carbons (Fsp3) is 0.0400. The molecule has 0 heterocycles. The van der Waals surface area contributed by atoms with Crippen LogP contribution in [0.2, 0.25) is 0 Å². The Morgan fingerprint density at radius 2 is 1.76 bits per heavy atom. The van der Waals surface area contributed by atoms with Gasteiger partial charge >= 0.3 is 5.97 Å². The van der Waals surface area contributed by atoms with Gasteiger partial charge in [0.25, 0.3) is 17.5 Å². The summed E-state index contributed by atoms with van der Waals surface area (Å²) < 4.78 is 5.89. The quantitative estimate of drug-likeness (QED) is 0.146. The number of non-ortho nitro benzene ring substituents is 1. The second-order valence-corrected chi connectivity index (χ2v) is 8.21. The van der Waals surface area contributed by atoms with Crippen molar-refractivity contribution in [1.29, 1.82) is 0 Å². The number of carboxylic acid groups (broad SMARTS) is 1. The molecule has 0 aliphatic carbocycles. The second-order valence-electron chi connectivity index (χ2n) is 7.29. The number of halogens is 1. The van der Waals surface area contributed by atoms with Crippen LogP contribution in [0.25, 0.3) is 6.08 Å². The molecule has 3 rings (SSSR count). The van der Waals surface area contributed by atoms with E-state index in [-0.39, 0.29) is 17.1 Å². The van der Waals surface area contributed by atoms with E-state index in [0.29, 0.717) is 21.2 Å². The largest absolute Gasteiger partial charge is 0.481 e. The highest BCUT2D eigenvalue weighted by Gasteiger charge is 2.15. The Morgan fingerprint density at radius 1 is 1.05 bits per heavy atom. The molecule has 12 heteroatoms. The minimum atomic E-state index is -1.16. The lowest BCUT2D eigenvalue weighted by atomic mass is 10.1. The Labute approximate surface area is 218 Å². The molecule has 0 saturated heterocycles. The van der Waals surface area contributed by atoms with Gasteiger partial charge in [0.15, 0.2) is 6.61 Å². The van der Waals surface area contributed by atoms with Gasteiger partial charge in [-0.25, -0.2) is 10.2 Å². The van der Waals surface area contributed by atoms with Crippen LogP contribution in [-0.2, 0) is 9.59 Å². The number of hydrazone groups is 1. The predicted octanol–water partition coefficient (Wildman–Crippen LogP) is 3.74. The number of carboxylic acids is 1. The van der Waals surface area contributed by atoms with Crippen molar-refractivity contribution in [2.75, 3.05) is 6.61 Å². The van der Waals surface area contributed by atoms with E-state index in [1.807, 2.05) is 0 Å². The van der Waals surface area contributed by atoms with Gasteiger partial charge < -0.3 is 15.2 Å². The summed E-state index contributed by atoms with van der Waals surface area (Å²) in [5.74, 6) is -2.26. The van der Waals surface area contributed by atoms with Gasteiger partial charge in [0.05, 0.1) is 11.1 Å². The van der Waals surface area contributed by atoms with Crippen LogP contribution < -0.4 is 15.5 Å². The molecule has 0 unspecified atom stereocenters. The number of hydrogen-bond donors (Lipinski definition) is 3. The number of rotatable bonds is 10. The average molecular weight is 567 g/mol. The number of nitro benzene ring substituents is 1. The summed E-state index contributed by atoms with van der Waals surface area (Å²) in [6, 6.07) is 18.4. The minimum absolute atomic E-state index is 0.129. The first-order valence-corrected chi connectivity index (χ1v) is 11.3. The van der Waals surface area contributed by atoms with E-state index in [9.17, 15) is 24.5 Å². The smallest absolute Gasteiger partial charge is 0.341 e. The minimum Gasteiger partial charge on any atom is -0.481 e. The van der Waals surface area contributed by atoms with Crippen molar-refractivity contribution in [3.05, 3.63) is 110 Å². The Morgan fingerprint density at radius 3 is 2.41 bits per heavy atom. The maximum absolute atomic E-state index is 12.9. The van der Waals surface area contributed by atoms with E-state index in [0.717, 1.165) is 0 Å². The van der Waals surface area contributed by atoms with E-state index in [2.05, 4.69) is 31.8 Å². The van der Waals surface area contributed by atoms with E-state index in [4.69, 9.17) is 9.84 Å². The second kappa shape index (κ2) is 12.7. The highest BCUT2D eigenvalue weighted by molar-refractivity contribution is 9.10. The van der Waals surface area contributed by atoms with Crippen LogP contribution >= 0.6 is 15.9 Å². The Kier molecular flexibility index (Phi) is 9.22. The average Bonchev–Trinajstić information content (AvgIpc) is 2.88. The van der Waals surface area contributed by atoms with Crippen LogP contribution in [0.1, 0.15) is 21.5 Å². The zero-order valence-corrected chi connectivity index (χ0v) is 20.5. The molecule has 3 aromatic carbocycles. The number of carbonyl (C=O) groups excluding carboxylic acids is 2. The summed E-state index contributed by atoms with van der Waals surface area (Å²) >= 11 is 3.30. The number of nitro groups is 1. The lowest BCUT2D eigenvalue weighted by Gasteiger charge is -2.10. The summed E-state index contributed by atoms with van der Waals surface area (Å²) in [6.45, 7) is -0.567. The summed E-state index contributed by atoms with van der Waals surface area (Å²) in [5.41, 5.74) is 3.11. The lowest BCUT2D eigenvalue weighted by molar-refractivity contribution is -0.384. The summed E-state index contributed by atoms with van der Waals surface area (Å²) in [7, 11) is 0. The standard InChI is InChI=1S/C25H19BrN4O7/c26-19-8-11-22(37-15-23(31)32)18(13-19)14-27-29-25(34)21(28-24(33)17-4-2-1-3-5-17)12-16-6-9-20(10-7-16)30(35)36/h1-14H,15H2,(H,28,33)(H,29,34)(H,31,32). The molecular weight excluding hydrogens is 548 g/mol. The highest BCUT2D eigenvalue weighted by Crippen LogP contribution is 2.22. The molecule has 37 heavy (non-hydrogen) atoms. The van der Waals surface area contributed by atoms with E-state index in [1.165, 1.54) is 42.6 Å². The molecular formula is C25H19BrN4O7. The zero-order chi connectivity index (χ0) is 26.8. The molecule has 0 aliphatic heterocycles. The van der Waals surface area contributed by atoms with Gasteiger partial charge in [0.1, 0.15) is 11.4 Å². The van der Waals surface area contributed by atoms with Crippen molar-refractivity contribution in [2.24, 2.45) is 5.10 Å². The fourth-order valence-electron chi connectivity index (χ4n) is 2.91. The SMILES string of the molecule is O=C(O)COc1ccc(Br)cc1C=NNC(=O)C(=Cc1ccc([N+](=O)[O-])cc1)NC(=O)c1ccccc1. The van der Waals surface area contributed by atoms with Crippen molar-refractivity contribution in [3.63, 3.8) is 0 Å². The van der Waals surface area contributed by atoms with Crippen LogP contribution in [0.3, 0.4) is 0 Å². The number of amides is 2. The zero-order valence-electron chi connectivity index (χ0n) is 19.0. The highest BCUT2D eigenvalue weighted by atomic mass is 79.9. The molecule has 11 nitrogen and oxygen atoms in total. The Bertz CT molecular complexity index is 1370. The molecule has 3 aromatic rings. The third-order valence-corrected chi connectivity index (χ3v) is 5.13. The number of carbonyl (C=O) groups is 3. The van der Waals surface area contributed by atoms with Crippen molar-refractivity contribution in [1.82, 2.24) is 10.7 Å². The normalized spacial score (nSPS) is 11.1. The van der Waals surface area contributed by atoms with E-state index >= 15 is 0 Å². The van der Waals surface area contributed by atoms with Crippen LogP contribution in [0.4, 0.5) is 5.69 Å². The fourth-order valence-corrected chi connectivity index (χ4v) is 3.29. The van der Waals surface area contributed by atoms with Gasteiger partial charge in [-0.05, 0) is 54.1 Å². The first kappa shape index (κ1) is 26.8. The summed E-state index contributed by atoms with van der Waals surface area (Å²) in [6.07, 6.45) is 2.60. The monoisotopic (exact) mass is 566 g/mol. The van der Waals surface area contributed by atoms with E-state index < -0.39 is 29.3 Å². The van der Waals surface area contributed by atoms with Crippen molar-refractivity contribution in [2.45, 2.75) is 0 Å². The first-order valence-electron chi connectivity index (χ1n) is 10.5. The van der Waals surface area contributed by atoms with E-state index in [1.54, 1.807) is 42.5 Å². The third kappa shape index (κ3) is 8.11. The number of benzene rings is 3. The molecule has 0 saturated carbocycles. The van der Waals surface area contributed by atoms with Crippen molar-refractivity contribution < 1.29 is 29.2 Å². The van der Waals surface area contributed by atoms with Crippen molar-refractivity contribution >= 4 is 51.7 Å². The number of hydrogen-bond acceptors (Lipinski definition) is 7. The molecule has 3 N–H and O–H groups in total. The molecule has 0 aliphatic rings. The molecule has 2 amide bonds. The van der Waals surface area contributed by atoms with Crippen LogP contribution in [0, 0.1) is 10.1 Å². The van der Waals surface area contributed by atoms with Gasteiger partial charge in [-0.15, -0.1) is 0 Å². The molecule has 0 aromatic heterocycles. The van der Waals surface area contributed by atoms with Crippen LogP contribution in [-0.4, -0.2) is 40.6 Å². The summed E-state index contributed by atoms with van der Waals surface area (Å²) in [4.78, 5) is 46.8. The van der Waals surface area contributed by atoms with Crippen molar-refractivity contribution in [3.8, 4) is 5.75 Å². The van der Waals surface area contributed by atoms with Gasteiger partial charge in [0, 0.05) is 27.7 Å². The number of ether oxygens (including phenoxy) is 1. The maximum atomic E-state index is 12.9. The number of nitrogens with zero attached hydrogens (tertiary/aromatic N) is 2. The molecule has 0 fully saturated rings.